The van der Waals surface area contributed by atoms with Crippen LogP contribution in [0.25, 0.3) is 0 Å². The van der Waals surface area contributed by atoms with Crippen LogP contribution in [-0.4, -0.2) is 31.0 Å². The molecule has 0 bridgehead atoms. The molecule has 0 radical (unpaired) electrons. The predicted molar refractivity (Wildman–Crippen MR) is 77.0 cm³/mol. The van der Waals surface area contributed by atoms with E-state index in [0.717, 1.165) is 4.47 Å². The van der Waals surface area contributed by atoms with Crippen molar-refractivity contribution in [2.45, 2.75) is 6.92 Å². The Morgan fingerprint density at radius 3 is 2.40 bits per heavy atom. The minimum Gasteiger partial charge on any atom is -0.461 e. The molecule has 0 heterocycles. The van der Waals surface area contributed by atoms with Crippen molar-refractivity contribution in [1.29, 1.82) is 0 Å². The maximum atomic E-state index is 11.6. The molecule has 0 aliphatic carbocycles. The van der Waals surface area contributed by atoms with Gasteiger partial charge in [-0.2, -0.15) is 5.10 Å². The standard InChI is InChI=1S/C12H14BrN3O4/c1-2-19-11(17)10(12(18)20-7-14)16-15-9-5-3-8(13)4-6-9/h3-6,15H,2,7,14H2,1H3/b16-10-. The minimum atomic E-state index is -0.949. The van der Waals surface area contributed by atoms with E-state index in [4.69, 9.17) is 10.5 Å². The number of anilines is 1. The minimum absolute atomic E-state index is 0.117. The van der Waals surface area contributed by atoms with Crippen molar-refractivity contribution in [1.82, 2.24) is 0 Å². The van der Waals surface area contributed by atoms with E-state index in [1.807, 2.05) is 0 Å². The number of nitrogens with one attached hydrogen (secondary N) is 1. The van der Waals surface area contributed by atoms with Crippen molar-refractivity contribution in [2.24, 2.45) is 10.8 Å². The first-order valence-electron chi connectivity index (χ1n) is 5.72. The van der Waals surface area contributed by atoms with Crippen LogP contribution in [0.4, 0.5) is 5.69 Å². The molecular formula is C12H14BrN3O4. The molecule has 0 saturated carbocycles. The van der Waals surface area contributed by atoms with Crippen molar-refractivity contribution >= 4 is 39.3 Å². The zero-order valence-electron chi connectivity index (χ0n) is 10.8. The molecular weight excluding hydrogens is 330 g/mol. The van der Waals surface area contributed by atoms with Gasteiger partial charge in [0.25, 0.3) is 5.71 Å². The Kier molecular flexibility index (Phi) is 6.68. The van der Waals surface area contributed by atoms with Gasteiger partial charge in [0.1, 0.15) is 6.73 Å². The molecule has 0 aliphatic rings. The Morgan fingerprint density at radius 1 is 1.25 bits per heavy atom. The fourth-order valence-electron chi connectivity index (χ4n) is 1.16. The Labute approximate surface area is 124 Å². The Balaban J connectivity index is 2.86. The quantitative estimate of drug-likeness (QED) is 0.265. The average Bonchev–Trinajstić information content (AvgIpc) is 2.42. The van der Waals surface area contributed by atoms with Gasteiger partial charge in [0.15, 0.2) is 0 Å². The number of hydrogen-bond donors (Lipinski definition) is 2. The molecule has 108 valence electrons. The third-order valence-corrected chi connectivity index (χ3v) is 2.55. The predicted octanol–water partition coefficient (Wildman–Crippen LogP) is 1.24. The van der Waals surface area contributed by atoms with Crippen LogP contribution in [0.3, 0.4) is 0 Å². The van der Waals surface area contributed by atoms with Gasteiger partial charge >= 0.3 is 11.9 Å². The van der Waals surface area contributed by atoms with Gasteiger partial charge < -0.3 is 9.47 Å². The topological polar surface area (TPSA) is 103 Å². The number of hydrogen-bond acceptors (Lipinski definition) is 7. The highest BCUT2D eigenvalue weighted by Crippen LogP contribution is 2.14. The number of nitrogens with zero attached hydrogens (tertiary/aromatic N) is 1. The monoisotopic (exact) mass is 343 g/mol. The molecule has 20 heavy (non-hydrogen) atoms. The summed E-state index contributed by atoms with van der Waals surface area (Å²) in [6, 6.07) is 6.98. The second-order valence-corrected chi connectivity index (χ2v) is 4.31. The van der Waals surface area contributed by atoms with Gasteiger partial charge in [-0.25, -0.2) is 9.59 Å². The molecule has 0 fully saturated rings. The number of carbonyl (C=O) groups excluding carboxylic acids is 2. The number of esters is 2. The lowest BCUT2D eigenvalue weighted by Gasteiger charge is -2.06. The third kappa shape index (κ3) is 4.98. The summed E-state index contributed by atoms with van der Waals surface area (Å²) in [4.78, 5) is 23.1. The molecule has 0 aliphatic heterocycles. The Hall–Kier alpha value is -1.93. The fraction of sp³-hybridized carbons (Fsp3) is 0.250. The van der Waals surface area contributed by atoms with E-state index in [0.29, 0.717) is 5.69 Å². The van der Waals surface area contributed by atoms with E-state index in [9.17, 15) is 9.59 Å². The highest BCUT2D eigenvalue weighted by atomic mass is 79.9. The zero-order valence-corrected chi connectivity index (χ0v) is 12.3. The van der Waals surface area contributed by atoms with E-state index >= 15 is 0 Å². The van der Waals surface area contributed by atoms with Gasteiger partial charge in [-0.1, -0.05) is 15.9 Å². The second kappa shape index (κ2) is 8.28. The fourth-order valence-corrected chi connectivity index (χ4v) is 1.43. The summed E-state index contributed by atoms with van der Waals surface area (Å²) >= 11 is 3.29. The zero-order chi connectivity index (χ0) is 15.0. The van der Waals surface area contributed by atoms with Crippen LogP contribution in [0.5, 0.6) is 0 Å². The van der Waals surface area contributed by atoms with Gasteiger partial charge in [-0.15, -0.1) is 0 Å². The van der Waals surface area contributed by atoms with Crippen molar-refractivity contribution in [3.05, 3.63) is 28.7 Å². The van der Waals surface area contributed by atoms with Gasteiger partial charge in [-0.05, 0) is 31.2 Å². The van der Waals surface area contributed by atoms with Crippen LogP contribution < -0.4 is 11.2 Å². The van der Waals surface area contributed by atoms with Crippen molar-refractivity contribution in [2.75, 3.05) is 18.8 Å². The molecule has 0 amide bonds. The maximum Gasteiger partial charge on any atom is 0.367 e. The first-order chi connectivity index (χ1) is 9.58. The Morgan fingerprint density at radius 2 is 1.85 bits per heavy atom. The molecule has 1 aromatic rings. The number of benzene rings is 1. The molecule has 0 saturated heterocycles. The van der Waals surface area contributed by atoms with Gasteiger partial charge in [0.05, 0.1) is 12.3 Å². The van der Waals surface area contributed by atoms with Crippen LogP contribution in [0, 0.1) is 0 Å². The molecule has 7 nitrogen and oxygen atoms in total. The number of carbonyl (C=O) groups is 2. The van der Waals surface area contributed by atoms with Crippen LogP contribution in [0.1, 0.15) is 6.92 Å². The van der Waals surface area contributed by atoms with E-state index in [-0.39, 0.29) is 13.3 Å². The molecule has 1 rings (SSSR count). The lowest BCUT2D eigenvalue weighted by molar-refractivity contribution is -0.140. The lowest BCUT2D eigenvalue weighted by atomic mass is 10.3. The highest BCUT2D eigenvalue weighted by molar-refractivity contribution is 9.10. The Bertz CT molecular complexity index is 482. The van der Waals surface area contributed by atoms with Crippen molar-refractivity contribution in [3.63, 3.8) is 0 Å². The lowest BCUT2D eigenvalue weighted by Crippen LogP contribution is -2.30. The summed E-state index contributed by atoms with van der Waals surface area (Å²) < 4.78 is 10.1. The van der Waals surface area contributed by atoms with Gasteiger partial charge in [-0.3, -0.25) is 11.2 Å². The van der Waals surface area contributed by atoms with E-state index in [2.05, 4.69) is 31.2 Å². The summed E-state index contributed by atoms with van der Waals surface area (Å²) in [6.45, 7) is 1.38. The molecule has 0 spiro atoms. The maximum absolute atomic E-state index is 11.6. The summed E-state index contributed by atoms with van der Waals surface area (Å²) in [5.41, 5.74) is 7.76. The average molecular weight is 344 g/mol. The van der Waals surface area contributed by atoms with Crippen LogP contribution >= 0.6 is 15.9 Å². The number of nitrogens with two attached hydrogens (primary N) is 1. The van der Waals surface area contributed by atoms with E-state index in [1.165, 1.54) is 0 Å². The summed E-state index contributed by atoms with van der Waals surface area (Å²) in [7, 11) is 0. The highest BCUT2D eigenvalue weighted by Gasteiger charge is 2.23. The van der Waals surface area contributed by atoms with E-state index in [1.54, 1.807) is 31.2 Å². The number of halogens is 1. The van der Waals surface area contributed by atoms with Gasteiger partial charge in [0, 0.05) is 4.47 Å². The third-order valence-electron chi connectivity index (χ3n) is 2.02. The molecule has 3 N–H and O–H groups in total. The molecule has 8 heteroatoms. The summed E-state index contributed by atoms with van der Waals surface area (Å²) in [6.07, 6.45) is 0. The van der Waals surface area contributed by atoms with E-state index < -0.39 is 17.7 Å². The molecule has 1 aromatic carbocycles. The van der Waals surface area contributed by atoms with Gasteiger partial charge in [0.2, 0.25) is 0 Å². The summed E-state index contributed by atoms with van der Waals surface area (Å²) in [5.74, 6) is -1.83. The molecule has 0 unspecified atom stereocenters. The number of rotatable bonds is 6. The molecule has 0 aromatic heterocycles. The number of ether oxygens (including phenoxy) is 2. The SMILES string of the molecule is CCOC(=O)/C(=N/Nc1ccc(Br)cc1)C(=O)OCN. The summed E-state index contributed by atoms with van der Waals surface area (Å²) in [5, 5.41) is 3.71. The first kappa shape index (κ1) is 16.1. The smallest absolute Gasteiger partial charge is 0.367 e. The van der Waals surface area contributed by atoms with Crippen LogP contribution in [-0.2, 0) is 19.1 Å². The van der Waals surface area contributed by atoms with Crippen LogP contribution in [0.2, 0.25) is 0 Å². The number of hydrazone groups is 1. The normalized spacial score (nSPS) is 10.8. The van der Waals surface area contributed by atoms with Crippen LogP contribution in [0.15, 0.2) is 33.8 Å². The first-order valence-corrected chi connectivity index (χ1v) is 6.51. The molecule has 0 atom stereocenters. The van der Waals surface area contributed by atoms with Crippen molar-refractivity contribution < 1.29 is 19.1 Å². The largest absolute Gasteiger partial charge is 0.461 e. The second-order valence-electron chi connectivity index (χ2n) is 3.40. The van der Waals surface area contributed by atoms with Crippen molar-refractivity contribution in [3.8, 4) is 0 Å².